The van der Waals surface area contributed by atoms with E-state index in [0.29, 0.717) is 11.3 Å². The van der Waals surface area contributed by atoms with Gasteiger partial charge in [-0.15, -0.1) is 0 Å². The zero-order valence-electron chi connectivity index (χ0n) is 15.6. The number of anilines is 1. The highest BCUT2D eigenvalue weighted by molar-refractivity contribution is 5.96. The van der Waals surface area contributed by atoms with E-state index in [0.717, 1.165) is 22.0 Å². The molecule has 1 amide bonds. The molecule has 144 valence electrons. The number of carbonyl (C=O) groups is 3. The fourth-order valence-corrected chi connectivity index (χ4v) is 2.82. The highest BCUT2D eigenvalue weighted by atomic mass is 16.5. The van der Waals surface area contributed by atoms with E-state index in [1.165, 1.54) is 13.2 Å². The molecule has 0 aliphatic carbocycles. The van der Waals surface area contributed by atoms with E-state index < -0.39 is 24.5 Å². The molecule has 0 unspecified atom stereocenters. The largest absolute Gasteiger partial charge is 0.465 e. The van der Waals surface area contributed by atoms with Crippen LogP contribution < -0.4 is 5.32 Å². The first-order valence-corrected chi connectivity index (χ1v) is 8.67. The number of H-pyrrole nitrogens is 1. The van der Waals surface area contributed by atoms with Gasteiger partial charge in [0, 0.05) is 22.8 Å². The van der Waals surface area contributed by atoms with Crippen molar-refractivity contribution in [3.63, 3.8) is 0 Å². The fraction of sp³-hybridized carbons (Fsp3) is 0.190. The van der Waals surface area contributed by atoms with Gasteiger partial charge in [-0.05, 0) is 36.2 Å². The summed E-state index contributed by atoms with van der Waals surface area (Å²) in [4.78, 5) is 38.9. The Hall–Kier alpha value is -3.61. The summed E-state index contributed by atoms with van der Waals surface area (Å²) in [5.74, 6) is -1.49. The number of ether oxygens (including phenoxy) is 2. The molecule has 0 aliphatic rings. The second-order valence-corrected chi connectivity index (χ2v) is 6.27. The number of amides is 1. The summed E-state index contributed by atoms with van der Waals surface area (Å²) in [7, 11) is 1.29. The molecule has 0 saturated carbocycles. The third-order valence-corrected chi connectivity index (χ3v) is 4.31. The van der Waals surface area contributed by atoms with Gasteiger partial charge < -0.3 is 19.8 Å². The number of benzene rings is 2. The summed E-state index contributed by atoms with van der Waals surface area (Å²) in [6.45, 7) is 1.38. The number of methoxy groups -OCH3 is 1. The molecule has 2 N–H and O–H groups in total. The van der Waals surface area contributed by atoms with Crippen LogP contribution in [-0.2, 0) is 25.5 Å². The third-order valence-electron chi connectivity index (χ3n) is 4.31. The highest BCUT2D eigenvalue weighted by Crippen LogP contribution is 2.19. The van der Waals surface area contributed by atoms with Gasteiger partial charge in [0.15, 0.2) is 6.61 Å². The van der Waals surface area contributed by atoms with Gasteiger partial charge in [0.25, 0.3) is 5.91 Å². The van der Waals surface area contributed by atoms with Gasteiger partial charge in [0.2, 0.25) is 0 Å². The second kappa shape index (κ2) is 8.39. The molecule has 0 aliphatic heterocycles. The lowest BCUT2D eigenvalue weighted by Gasteiger charge is -2.10. The fourth-order valence-electron chi connectivity index (χ4n) is 2.82. The molecule has 0 bridgehead atoms. The van der Waals surface area contributed by atoms with Crippen molar-refractivity contribution in [3.05, 3.63) is 65.4 Å². The number of aryl methyl sites for hydroxylation is 1. The molecule has 7 heteroatoms. The van der Waals surface area contributed by atoms with Crippen LogP contribution >= 0.6 is 0 Å². The number of nitrogens with one attached hydrogen (secondary N) is 2. The molecule has 1 aromatic heterocycles. The quantitative estimate of drug-likeness (QED) is 0.641. The maximum atomic E-state index is 12.1. The molecule has 7 nitrogen and oxygen atoms in total. The molecular weight excluding hydrogens is 360 g/mol. The topological polar surface area (TPSA) is 97.5 Å². The van der Waals surface area contributed by atoms with E-state index in [4.69, 9.17) is 4.74 Å². The van der Waals surface area contributed by atoms with Gasteiger partial charge in [0.1, 0.15) is 0 Å². The molecular formula is C21H20N2O5. The number of esters is 2. The Morgan fingerprint density at radius 1 is 1.11 bits per heavy atom. The predicted octanol–water partition coefficient (Wildman–Crippen LogP) is 2.99. The molecule has 28 heavy (non-hydrogen) atoms. The maximum Gasteiger partial charge on any atom is 0.337 e. The van der Waals surface area contributed by atoms with E-state index >= 15 is 0 Å². The molecule has 0 fully saturated rings. The minimum atomic E-state index is -0.500. The SMILES string of the molecule is COC(=O)c1ccc(C)c(NC(=O)COC(=O)Cc2c[nH]c3ccccc23)c1. The van der Waals surface area contributed by atoms with Crippen LogP contribution in [0.4, 0.5) is 5.69 Å². The van der Waals surface area contributed by atoms with Crippen LogP contribution in [0, 0.1) is 6.92 Å². The summed E-state index contributed by atoms with van der Waals surface area (Å²) >= 11 is 0. The van der Waals surface area contributed by atoms with Crippen LogP contribution in [-0.4, -0.2) is 36.5 Å². The molecule has 3 rings (SSSR count). The first kappa shape index (κ1) is 19.2. The van der Waals surface area contributed by atoms with E-state index in [2.05, 4.69) is 15.0 Å². The average molecular weight is 380 g/mol. The summed E-state index contributed by atoms with van der Waals surface area (Å²) in [6.07, 6.45) is 1.82. The lowest BCUT2D eigenvalue weighted by molar-refractivity contribution is -0.146. The Balaban J connectivity index is 1.57. The minimum absolute atomic E-state index is 0.0636. The van der Waals surface area contributed by atoms with Crippen LogP contribution in [0.2, 0.25) is 0 Å². The Morgan fingerprint density at radius 3 is 2.68 bits per heavy atom. The molecule has 1 heterocycles. The van der Waals surface area contributed by atoms with Crippen molar-refractivity contribution in [1.82, 2.24) is 4.98 Å². The zero-order valence-corrected chi connectivity index (χ0v) is 15.6. The number of hydrogen-bond donors (Lipinski definition) is 2. The predicted molar refractivity (Wildman–Crippen MR) is 104 cm³/mol. The first-order chi connectivity index (χ1) is 13.5. The van der Waals surface area contributed by atoms with Crippen molar-refractivity contribution in [3.8, 4) is 0 Å². The van der Waals surface area contributed by atoms with Crippen LogP contribution in [0.1, 0.15) is 21.5 Å². The summed E-state index contributed by atoms with van der Waals surface area (Å²) in [6, 6.07) is 12.5. The lowest BCUT2D eigenvalue weighted by atomic mass is 10.1. The van der Waals surface area contributed by atoms with Gasteiger partial charge in [-0.25, -0.2) is 4.79 Å². The lowest BCUT2D eigenvalue weighted by Crippen LogP contribution is -2.22. The van der Waals surface area contributed by atoms with Gasteiger partial charge >= 0.3 is 11.9 Å². The summed E-state index contributed by atoms with van der Waals surface area (Å²) < 4.78 is 9.75. The van der Waals surface area contributed by atoms with E-state index in [1.807, 2.05) is 24.3 Å². The second-order valence-electron chi connectivity index (χ2n) is 6.27. The van der Waals surface area contributed by atoms with Crippen molar-refractivity contribution >= 4 is 34.4 Å². The molecule has 0 radical (unpaired) electrons. The van der Waals surface area contributed by atoms with Gasteiger partial charge in [-0.3, -0.25) is 9.59 Å². The summed E-state index contributed by atoms with van der Waals surface area (Å²) in [5, 5.41) is 3.59. The molecule has 2 aromatic carbocycles. The van der Waals surface area contributed by atoms with Crippen LogP contribution in [0.3, 0.4) is 0 Å². The number of carbonyl (C=O) groups excluding carboxylic acids is 3. The Morgan fingerprint density at radius 2 is 1.89 bits per heavy atom. The molecule has 0 spiro atoms. The van der Waals surface area contributed by atoms with Crippen molar-refractivity contribution in [2.75, 3.05) is 19.0 Å². The number of para-hydroxylation sites is 1. The minimum Gasteiger partial charge on any atom is -0.465 e. The van der Waals surface area contributed by atoms with Gasteiger partial charge in [-0.2, -0.15) is 0 Å². The third kappa shape index (κ3) is 4.37. The smallest absolute Gasteiger partial charge is 0.337 e. The Labute approximate surface area is 161 Å². The van der Waals surface area contributed by atoms with Gasteiger partial charge in [0.05, 0.1) is 19.1 Å². The van der Waals surface area contributed by atoms with E-state index in [-0.39, 0.29) is 6.42 Å². The first-order valence-electron chi connectivity index (χ1n) is 8.67. The van der Waals surface area contributed by atoms with E-state index in [9.17, 15) is 14.4 Å². The van der Waals surface area contributed by atoms with Crippen molar-refractivity contribution in [2.24, 2.45) is 0 Å². The van der Waals surface area contributed by atoms with Gasteiger partial charge in [-0.1, -0.05) is 24.3 Å². The number of aromatic nitrogens is 1. The number of fused-ring (bicyclic) bond motifs is 1. The molecule has 0 saturated heterocycles. The summed E-state index contributed by atoms with van der Waals surface area (Å²) in [5.41, 5.74) is 3.29. The number of hydrogen-bond acceptors (Lipinski definition) is 5. The standard InChI is InChI=1S/C21H20N2O5/c1-13-7-8-14(21(26)27-2)9-18(13)23-19(24)12-28-20(25)10-15-11-22-17-6-4-3-5-16(15)17/h3-9,11,22H,10,12H2,1-2H3,(H,23,24). The Kier molecular flexibility index (Phi) is 5.74. The Bertz CT molecular complexity index is 1040. The zero-order chi connectivity index (χ0) is 20.1. The number of aromatic amines is 1. The maximum absolute atomic E-state index is 12.1. The normalized spacial score (nSPS) is 10.5. The van der Waals surface area contributed by atoms with Crippen molar-refractivity contribution in [1.29, 1.82) is 0 Å². The van der Waals surface area contributed by atoms with Crippen LogP contribution in [0.15, 0.2) is 48.7 Å². The number of rotatable bonds is 6. The highest BCUT2D eigenvalue weighted by Gasteiger charge is 2.14. The average Bonchev–Trinajstić information content (AvgIpc) is 3.10. The molecule has 3 aromatic rings. The van der Waals surface area contributed by atoms with Crippen molar-refractivity contribution in [2.45, 2.75) is 13.3 Å². The monoisotopic (exact) mass is 380 g/mol. The van der Waals surface area contributed by atoms with Crippen LogP contribution in [0.5, 0.6) is 0 Å². The van der Waals surface area contributed by atoms with Crippen LogP contribution in [0.25, 0.3) is 10.9 Å². The van der Waals surface area contributed by atoms with E-state index in [1.54, 1.807) is 25.3 Å². The molecule has 0 atom stereocenters. The van der Waals surface area contributed by atoms with Crippen molar-refractivity contribution < 1.29 is 23.9 Å².